The lowest BCUT2D eigenvalue weighted by Gasteiger charge is -2.20. The number of nitriles is 1. The van der Waals surface area contributed by atoms with Crippen LogP contribution in [0.3, 0.4) is 0 Å². The van der Waals surface area contributed by atoms with Gasteiger partial charge >= 0.3 is 5.97 Å². The number of ether oxygens (including phenoxy) is 1. The fourth-order valence-electron chi connectivity index (χ4n) is 2.95. The van der Waals surface area contributed by atoms with Crippen LogP contribution in [0.15, 0.2) is 60.2 Å². The third-order valence-electron chi connectivity index (χ3n) is 4.11. The SMILES string of the molecule is COc1ccc(N2CC(/C=C(\C#N)C(=O)O)c3ccccc32)cc1. The van der Waals surface area contributed by atoms with Gasteiger partial charge in [0.15, 0.2) is 0 Å². The number of para-hydroxylation sites is 1. The van der Waals surface area contributed by atoms with Crippen molar-refractivity contribution in [3.63, 3.8) is 0 Å². The maximum absolute atomic E-state index is 11.1. The summed E-state index contributed by atoms with van der Waals surface area (Å²) in [7, 11) is 1.62. The van der Waals surface area contributed by atoms with Gasteiger partial charge in [-0.05, 0) is 42.0 Å². The summed E-state index contributed by atoms with van der Waals surface area (Å²) >= 11 is 0. The largest absolute Gasteiger partial charge is 0.497 e. The second-order valence-electron chi connectivity index (χ2n) is 5.47. The van der Waals surface area contributed by atoms with Crippen molar-refractivity contribution in [1.82, 2.24) is 0 Å². The van der Waals surface area contributed by atoms with Crippen molar-refractivity contribution in [2.45, 2.75) is 5.92 Å². The summed E-state index contributed by atoms with van der Waals surface area (Å²) in [6.45, 7) is 0.587. The molecule has 1 N–H and O–H groups in total. The molecule has 5 heteroatoms. The van der Waals surface area contributed by atoms with Crippen molar-refractivity contribution in [3.05, 3.63) is 65.7 Å². The van der Waals surface area contributed by atoms with Gasteiger partial charge < -0.3 is 14.7 Å². The molecule has 1 aliphatic heterocycles. The van der Waals surface area contributed by atoms with Gasteiger partial charge in [0, 0.05) is 23.8 Å². The van der Waals surface area contributed by atoms with E-state index >= 15 is 0 Å². The van der Waals surface area contributed by atoms with Crippen LogP contribution >= 0.6 is 0 Å². The van der Waals surface area contributed by atoms with Gasteiger partial charge in [-0.1, -0.05) is 18.2 Å². The Hall–Kier alpha value is -3.26. The van der Waals surface area contributed by atoms with Gasteiger partial charge in [0.05, 0.1) is 7.11 Å². The van der Waals surface area contributed by atoms with E-state index in [0.29, 0.717) is 6.54 Å². The number of methoxy groups -OCH3 is 1. The summed E-state index contributed by atoms with van der Waals surface area (Å²) in [5.74, 6) is -0.563. The number of hydrogen-bond donors (Lipinski definition) is 1. The summed E-state index contributed by atoms with van der Waals surface area (Å²) in [4.78, 5) is 13.3. The number of carboxylic acid groups (broad SMARTS) is 1. The molecular weight excluding hydrogens is 304 g/mol. The van der Waals surface area contributed by atoms with Gasteiger partial charge in [0.2, 0.25) is 0 Å². The first kappa shape index (κ1) is 15.6. The summed E-state index contributed by atoms with van der Waals surface area (Å²) < 4.78 is 5.19. The Bertz CT molecular complexity index is 834. The molecule has 0 saturated carbocycles. The zero-order chi connectivity index (χ0) is 17.1. The quantitative estimate of drug-likeness (QED) is 0.690. The van der Waals surface area contributed by atoms with Gasteiger partial charge in [-0.25, -0.2) is 4.79 Å². The number of carbonyl (C=O) groups is 1. The van der Waals surface area contributed by atoms with Crippen LogP contribution in [-0.4, -0.2) is 24.7 Å². The monoisotopic (exact) mass is 320 g/mol. The fraction of sp³-hybridized carbons (Fsp3) is 0.158. The Balaban J connectivity index is 1.99. The lowest BCUT2D eigenvalue weighted by atomic mass is 9.99. The van der Waals surface area contributed by atoms with E-state index in [1.54, 1.807) is 13.2 Å². The van der Waals surface area contributed by atoms with Gasteiger partial charge in [0.1, 0.15) is 17.4 Å². The van der Waals surface area contributed by atoms with Gasteiger partial charge in [0.25, 0.3) is 0 Å². The molecule has 3 rings (SSSR count). The van der Waals surface area contributed by atoms with E-state index in [1.807, 2.05) is 48.5 Å². The maximum Gasteiger partial charge on any atom is 0.346 e. The normalized spacial score (nSPS) is 16.4. The minimum Gasteiger partial charge on any atom is -0.497 e. The number of nitrogens with zero attached hydrogens (tertiary/aromatic N) is 2. The van der Waals surface area contributed by atoms with Crippen LogP contribution in [0.5, 0.6) is 5.75 Å². The Morgan fingerprint density at radius 2 is 2.00 bits per heavy atom. The summed E-state index contributed by atoms with van der Waals surface area (Å²) in [5, 5.41) is 18.1. The molecule has 0 saturated heterocycles. The number of fused-ring (bicyclic) bond motifs is 1. The van der Waals surface area contributed by atoms with Crippen LogP contribution in [0.2, 0.25) is 0 Å². The third-order valence-corrected chi connectivity index (χ3v) is 4.11. The van der Waals surface area contributed by atoms with Crippen LogP contribution in [0.25, 0.3) is 0 Å². The van der Waals surface area contributed by atoms with Crippen LogP contribution in [-0.2, 0) is 4.79 Å². The van der Waals surface area contributed by atoms with Crippen LogP contribution in [0.4, 0.5) is 11.4 Å². The van der Waals surface area contributed by atoms with Crippen LogP contribution in [0.1, 0.15) is 11.5 Å². The lowest BCUT2D eigenvalue weighted by Crippen LogP contribution is -2.15. The first-order chi connectivity index (χ1) is 11.6. The van der Waals surface area contributed by atoms with E-state index in [4.69, 9.17) is 15.1 Å². The summed E-state index contributed by atoms with van der Waals surface area (Å²) in [6, 6.07) is 17.3. The maximum atomic E-state index is 11.1. The number of anilines is 2. The Morgan fingerprint density at radius 1 is 1.29 bits per heavy atom. The lowest BCUT2D eigenvalue weighted by molar-refractivity contribution is -0.132. The zero-order valence-corrected chi connectivity index (χ0v) is 13.1. The van der Waals surface area contributed by atoms with E-state index < -0.39 is 5.97 Å². The molecule has 1 heterocycles. The van der Waals surface area contributed by atoms with E-state index in [-0.39, 0.29) is 11.5 Å². The number of carboxylic acids is 1. The molecule has 1 atom stereocenters. The summed E-state index contributed by atoms with van der Waals surface area (Å²) in [6.07, 6.45) is 1.53. The van der Waals surface area contributed by atoms with E-state index in [0.717, 1.165) is 22.7 Å². The zero-order valence-electron chi connectivity index (χ0n) is 13.1. The Morgan fingerprint density at radius 3 is 2.62 bits per heavy atom. The average Bonchev–Trinajstić information content (AvgIpc) is 2.98. The molecule has 1 unspecified atom stereocenters. The van der Waals surface area contributed by atoms with E-state index in [9.17, 15) is 4.79 Å². The predicted octanol–water partition coefficient (Wildman–Crippen LogP) is 3.47. The highest BCUT2D eigenvalue weighted by atomic mass is 16.5. The molecular formula is C19H16N2O3. The topological polar surface area (TPSA) is 73.6 Å². The molecule has 0 radical (unpaired) electrons. The predicted molar refractivity (Wildman–Crippen MR) is 90.5 cm³/mol. The molecule has 120 valence electrons. The van der Waals surface area contributed by atoms with Crippen molar-refractivity contribution in [1.29, 1.82) is 5.26 Å². The first-order valence-electron chi connectivity index (χ1n) is 7.49. The molecule has 5 nitrogen and oxygen atoms in total. The molecule has 0 fully saturated rings. The molecule has 0 amide bonds. The first-order valence-corrected chi connectivity index (χ1v) is 7.49. The number of benzene rings is 2. The van der Waals surface area contributed by atoms with E-state index in [1.165, 1.54) is 6.08 Å². The molecule has 0 aromatic heterocycles. The standard InChI is InChI=1S/C19H16N2O3/c1-24-16-8-6-15(7-9-16)21-12-14(10-13(11-20)19(22)23)17-4-2-3-5-18(17)21/h2-10,14H,12H2,1H3,(H,22,23)/b13-10+. The number of aliphatic carboxylic acids is 1. The fourth-order valence-corrected chi connectivity index (χ4v) is 2.95. The van der Waals surface area contributed by atoms with E-state index in [2.05, 4.69) is 4.90 Å². The van der Waals surface area contributed by atoms with Crippen molar-refractivity contribution in [2.24, 2.45) is 0 Å². The molecule has 2 aromatic rings. The molecule has 24 heavy (non-hydrogen) atoms. The van der Waals surface area contributed by atoms with Crippen molar-refractivity contribution in [2.75, 3.05) is 18.6 Å². The van der Waals surface area contributed by atoms with Crippen molar-refractivity contribution < 1.29 is 14.6 Å². The molecule has 0 bridgehead atoms. The van der Waals surface area contributed by atoms with Crippen LogP contribution < -0.4 is 9.64 Å². The van der Waals surface area contributed by atoms with Gasteiger partial charge in [-0.2, -0.15) is 5.26 Å². The third kappa shape index (κ3) is 2.82. The average molecular weight is 320 g/mol. The molecule has 2 aromatic carbocycles. The second kappa shape index (κ2) is 6.47. The number of hydrogen-bond acceptors (Lipinski definition) is 4. The van der Waals surface area contributed by atoms with Crippen molar-refractivity contribution in [3.8, 4) is 11.8 Å². The second-order valence-corrected chi connectivity index (χ2v) is 5.47. The highest BCUT2D eigenvalue weighted by Crippen LogP contribution is 2.42. The van der Waals surface area contributed by atoms with Crippen molar-refractivity contribution >= 4 is 17.3 Å². The summed E-state index contributed by atoms with van der Waals surface area (Å²) in [5.41, 5.74) is 2.80. The Kier molecular flexibility index (Phi) is 4.21. The van der Waals surface area contributed by atoms with Gasteiger partial charge in [-0.3, -0.25) is 0 Å². The smallest absolute Gasteiger partial charge is 0.346 e. The molecule has 0 spiro atoms. The Labute approximate surface area is 140 Å². The van der Waals surface area contributed by atoms with Gasteiger partial charge in [-0.15, -0.1) is 0 Å². The molecule has 1 aliphatic rings. The minimum atomic E-state index is -1.20. The van der Waals surface area contributed by atoms with Crippen LogP contribution in [0, 0.1) is 11.3 Å². The number of rotatable bonds is 4. The highest BCUT2D eigenvalue weighted by Gasteiger charge is 2.29. The minimum absolute atomic E-state index is 0.144. The highest BCUT2D eigenvalue weighted by molar-refractivity contribution is 5.91. The molecule has 0 aliphatic carbocycles.